The van der Waals surface area contributed by atoms with Gasteiger partial charge in [-0.1, -0.05) is 12.1 Å². The van der Waals surface area contributed by atoms with Gasteiger partial charge in [-0.2, -0.15) is 0 Å². The average Bonchev–Trinajstić information content (AvgIpc) is 3.17. The van der Waals surface area contributed by atoms with E-state index in [4.69, 9.17) is 19.6 Å². The summed E-state index contributed by atoms with van der Waals surface area (Å²) in [6.07, 6.45) is 0.139. The van der Waals surface area contributed by atoms with Gasteiger partial charge < -0.3 is 14.6 Å². The van der Waals surface area contributed by atoms with Crippen molar-refractivity contribution in [1.29, 1.82) is 0 Å². The fraction of sp³-hybridized carbons (Fsp3) is 0.238. The molecule has 0 saturated heterocycles. The van der Waals surface area contributed by atoms with Crippen LogP contribution in [0.2, 0.25) is 0 Å². The van der Waals surface area contributed by atoms with Gasteiger partial charge >= 0.3 is 5.97 Å². The maximum atomic E-state index is 12.4. The Balaban J connectivity index is 0.00000272. The summed E-state index contributed by atoms with van der Waals surface area (Å²) in [4.78, 5) is 15.3. The second-order valence-corrected chi connectivity index (χ2v) is 8.73. The van der Waals surface area contributed by atoms with Crippen molar-refractivity contribution in [3.63, 3.8) is 0 Å². The molecular formula is C21H21ClN2O6S. The number of carboxylic acids is 1. The lowest BCUT2D eigenvalue weighted by Crippen LogP contribution is -2.25. The first-order valence-electron chi connectivity index (χ1n) is 9.36. The first-order valence-corrected chi connectivity index (χ1v) is 10.8. The zero-order chi connectivity index (χ0) is 21.3. The van der Waals surface area contributed by atoms with Crippen LogP contribution in [0.4, 0.5) is 0 Å². The lowest BCUT2D eigenvalue weighted by Gasteiger charge is -2.10. The molecule has 1 aliphatic heterocycles. The number of benzene rings is 2. The lowest BCUT2D eigenvalue weighted by molar-refractivity contribution is -0.137. The molecule has 1 aliphatic rings. The maximum absolute atomic E-state index is 12.4. The van der Waals surface area contributed by atoms with Gasteiger partial charge in [0.15, 0.2) is 11.5 Å². The van der Waals surface area contributed by atoms with Crippen LogP contribution in [0.25, 0.3) is 22.2 Å². The van der Waals surface area contributed by atoms with E-state index in [9.17, 15) is 13.2 Å². The van der Waals surface area contributed by atoms with E-state index in [1.54, 1.807) is 12.1 Å². The Bertz CT molecular complexity index is 1230. The summed E-state index contributed by atoms with van der Waals surface area (Å²) in [5.74, 6) is 0.397. The smallest absolute Gasteiger partial charge is 0.303 e. The highest BCUT2D eigenvalue weighted by molar-refractivity contribution is 7.89. The normalized spacial score (nSPS) is 12.5. The van der Waals surface area contributed by atoms with Crippen molar-refractivity contribution in [3.05, 3.63) is 48.0 Å². The maximum Gasteiger partial charge on any atom is 0.303 e. The number of nitrogens with zero attached hydrogens (tertiary/aromatic N) is 1. The number of pyridine rings is 1. The molecule has 3 aromatic rings. The molecule has 10 heteroatoms. The number of aromatic nitrogens is 1. The van der Waals surface area contributed by atoms with Gasteiger partial charge in [0.1, 0.15) is 0 Å². The van der Waals surface area contributed by atoms with Gasteiger partial charge in [-0.25, -0.2) is 18.1 Å². The predicted octanol–water partition coefficient (Wildman–Crippen LogP) is 3.50. The third kappa shape index (κ3) is 4.90. The van der Waals surface area contributed by atoms with E-state index in [0.29, 0.717) is 11.5 Å². The summed E-state index contributed by atoms with van der Waals surface area (Å²) < 4.78 is 38.0. The second kappa shape index (κ2) is 9.09. The fourth-order valence-electron chi connectivity index (χ4n) is 3.27. The largest absolute Gasteiger partial charge is 0.481 e. The molecule has 31 heavy (non-hydrogen) atoms. The number of hydrogen-bond acceptors (Lipinski definition) is 6. The summed E-state index contributed by atoms with van der Waals surface area (Å²) in [5.41, 5.74) is 3.29. The molecule has 164 valence electrons. The number of fused-ring (bicyclic) bond motifs is 2. The Hall–Kier alpha value is -2.88. The van der Waals surface area contributed by atoms with Gasteiger partial charge in [-0.05, 0) is 43.2 Å². The molecule has 0 unspecified atom stereocenters. The van der Waals surface area contributed by atoms with Crippen LogP contribution in [0.1, 0.15) is 18.4 Å². The number of ether oxygens (including phenoxy) is 2. The van der Waals surface area contributed by atoms with Crippen molar-refractivity contribution < 1.29 is 27.8 Å². The Morgan fingerprint density at radius 2 is 1.81 bits per heavy atom. The van der Waals surface area contributed by atoms with Crippen LogP contribution < -0.4 is 14.2 Å². The van der Waals surface area contributed by atoms with E-state index in [2.05, 4.69) is 4.72 Å². The minimum absolute atomic E-state index is 0. The first-order chi connectivity index (χ1) is 14.3. The zero-order valence-corrected chi connectivity index (χ0v) is 18.3. The number of nitrogens with one attached hydrogen (secondary N) is 1. The molecule has 0 saturated carbocycles. The van der Waals surface area contributed by atoms with Gasteiger partial charge in [0.25, 0.3) is 0 Å². The highest BCUT2D eigenvalue weighted by Gasteiger charge is 2.17. The van der Waals surface area contributed by atoms with E-state index >= 15 is 0 Å². The first kappa shape index (κ1) is 22.8. The third-order valence-electron chi connectivity index (χ3n) is 4.83. The molecule has 0 spiro atoms. The van der Waals surface area contributed by atoms with Crippen LogP contribution in [0, 0.1) is 6.92 Å². The topological polar surface area (TPSA) is 115 Å². The molecule has 8 nitrogen and oxygen atoms in total. The number of hydrogen-bond donors (Lipinski definition) is 2. The molecule has 0 bridgehead atoms. The SMILES string of the molecule is Cc1cc(-c2ccc(S(=O)(=O)NCCCC(=O)O)cc2)nc2cc3c(cc12)OCO3.Cl. The second-order valence-electron chi connectivity index (χ2n) is 6.97. The monoisotopic (exact) mass is 464 g/mol. The minimum Gasteiger partial charge on any atom is -0.481 e. The van der Waals surface area contributed by atoms with E-state index < -0.39 is 16.0 Å². The number of sulfonamides is 1. The fourth-order valence-corrected chi connectivity index (χ4v) is 4.34. The zero-order valence-electron chi connectivity index (χ0n) is 16.6. The van der Waals surface area contributed by atoms with Gasteiger partial charge in [0.05, 0.1) is 16.1 Å². The van der Waals surface area contributed by atoms with Crippen molar-refractivity contribution in [2.75, 3.05) is 13.3 Å². The molecule has 2 aromatic carbocycles. The number of carbonyl (C=O) groups is 1. The summed E-state index contributed by atoms with van der Waals surface area (Å²) in [6.45, 7) is 2.24. The molecular weight excluding hydrogens is 444 g/mol. The Kier molecular flexibility index (Phi) is 6.68. The number of carboxylic acid groups (broad SMARTS) is 1. The van der Waals surface area contributed by atoms with Crippen LogP contribution in [0.15, 0.2) is 47.4 Å². The molecule has 1 aromatic heterocycles. The van der Waals surface area contributed by atoms with Crippen molar-refractivity contribution in [2.45, 2.75) is 24.7 Å². The highest BCUT2D eigenvalue weighted by Crippen LogP contribution is 2.37. The van der Waals surface area contributed by atoms with Gasteiger partial charge in [-0.15, -0.1) is 12.4 Å². The van der Waals surface area contributed by atoms with Gasteiger partial charge in [0.2, 0.25) is 16.8 Å². The third-order valence-corrected chi connectivity index (χ3v) is 6.31. The molecule has 0 aliphatic carbocycles. The van der Waals surface area contributed by atoms with Crippen LogP contribution >= 0.6 is 12.4 Å². The van der Waals surface area contributed by atoms with E-state index in [-0.39, 0.29) is 43.5 Å². The number of aliphatic carboxylic acids is 1. The molecule has 0 radical (unpaired) electrons. The predicted molar refractivity (Wildman–Crippen MR) is 117 cm³/mol. The van der Waals surface area contributed by atoms with Gasteiger partial charge in [-0.3, -0.25) is 4.79 Å². The summed E-state index contributed by atoms with van der Waals surface area (Å²) in [6, 6.07) is 12.1. The van der Waals surface area contributed by atoms with Crippen LogP contribution in [-0.4, -0.2) is 37.8 Å². The number of halogens is 1. The highest BCUT2D eigenvalue weighted by atomic mass is 35.5. The van der Waals surface area contributed by atoms with E-state index in [0.717, 1.165) is 27.7 Å². The minimum atomic E-state index is -3.70. The van der Waals surface area contributed by atoms with Crippen molar-refractivity contribution in [1.82, 2.24) is 9.71 Å². The molecule has 4 rings (SSSR count). The number of rotatable bonds is 7. The molecule has 0 amide bonds. The van der Waals surface area contributed by atoms with Crippen LogP contribution in [0.5, 0.6) is 11.5 Å². The average molecular weight is 465 g/mol. The summed E-state index contributed by atoms with van der Waals surface area (Å²) in [7, 11) is -3.70. The Morgan fingerprint density at radius 3 is 2.48 bits per heavy atom. The Labute approximate surface area is 185 Å². The van der Waals surface area contributed by atoms with Crippen molar-refractivity contribution in [2.24, 2.45) is 0 Å². The van der Waals surface area contributed by atoms with Crippen molar-refractivity contribution >= 4 is 39.3 Å². The molecule has 2 N–H and O–H groups in total. The summed E-state index contributed by atoms with van der Waals surface area (Å²) >= 11 is 0. The lowest BCUT2D eigenvalue weighted by atomic mass is 10.0. The Morgan fingerprint density at radius 1 is 1.13 bits per heavy atom. The van der Waals surface area contributed by atoms with Crippen LogP contribution in [0.3, 0.4) is 0 Å². The van der Waals surface area contributed by atoms with Crippen LogP contribution in [-0.2, 0) is 14.8 Å². The molecule has 0 fully saturated rings. The number of aryl methyl sites for hydroxylation is 1. The molecule has 2 heterocycles. The summed E-state index contributed by atoms with van der Waals surface area (Å²) in [5, 5.41) is 9.60. The molecule has 0 atom stereocenters. The quantitative estimate of drug-likeness (QED) is 0.514. The standard InChI is InChI=1S/C21H20N2O6S.ClH/c1-13-9-17(23-18-11-20-19(10-16(13)18)28-12-29-20)14-4-6-15(7-5-14)30(26,27)22-8-2-3-21(24)25;/h4-7,9-11,22H,2-3,8,12H2,1H3,(H,24,25);1H. The van der Waals surface area contributed by atoms with Gasteiger partial charge in [0, 0.05) is 30.0 Å². The van der Waals surface area contributed by atoms with Crippen molar-refractivity contribution in [3.8, 4) is 22.8 Å². The van der Waals surface area contributed by atoms with E-state index in [1.165, 1.54) is 12.1 Å². The van der Waals surface area contributed by atoms with E-state index in [1.807, 2.05) is 25.1 Å².